The molecule has 0 saturated heterocycles. The van der Waals surface area contributed by atoms with Crippen LogP contribution in [-0.4, -0.2) is 41.6 Å². The number of ether oxygens (including phenoxy) is 1. The van der Waals surface area contributed by atoms with Crippen LogP contribution < -0.4 is 11.1 Å². The van der Waals surface area contributed by atoms with E-state index in [9.17, 15) is 19.5 Å². The van der Waals surface area contributed by atoms with Gasteiger partial charge >= 0.3 is 11.9 Å². The topological polar surface area (TPSA) is 119 Å². The molecule has 0 spiro atoms. The van der Waals surface area contributed by atoms with Gasteiger partial charge in [-0.15, -0.1) is 0 Å². The second-order valence-electron chi connectivity index (χ2n) is 11.2. The van der Waals surface area contributed by atoms with E-state index in [-0.39, 0.29) is 18.0 Å². The van der Waals surface area contributed by atoms with Gasteiger partial charge in [-0.1, -0.05) is 108 Å². The first kappa shape index (κ1) is 39.6. The van der Waals surface area contributed by atoms with Gasteiger partial charge in [0.1, 0.15) is 12.1 Å². The molecule has 2 unspecified atom stereocenters. The number of unbranched alkanes of at least 4 members (excludes halogenated alkanes) is 11. The van der Waals surface area contributed by atoms with Gasteiger partial charge in [0.15, 0.2) is 0 Å². The maximum atomic E-state index is 12.5. The van der Waals surface area contributed by atoms with E-state index in [2.05, 4.69) is 49.5 Å². The maximum absolute atomic E-state index is 12.5. The second-order valence-corrected chi connectivity index (χ2v) is 11.2. The lowest BCUT2D eigenvalue weighted by Crippen LogP contribution is -2.40. The van der Waals surface area contributed by atoms with Crippen molar-refractivity contribution >= 4 is 17.8 Å². The molecule has 42 heavy (non-hydrogen) atoms. The van der Waals surface area contributed by atoms with Crippen LogP contribution >= 0.6 is 0 Å². The maximum Gasteiger partial charge on any atom is 0.326 e. The summed E-state index contributed by atoms with van der Waals surface area (Å²) in [6.07, 6.45) is 32.0. The van der Waals surface area contributed by atoms with Crippen LogP contribution in [0.15, 0.2) is 36.5 Å². The molecule has 0 aromatic carbocycles. The number of aliphatic carboxylic acids is 1. The fraction of sp³-hybridized carbons (Fsp3) is 0.743. The van der Waals surface area contributed by atoms with Gasteiger partial charge in [0.2, 0.25) is 5.91 Å². The molecule has 0 aliphatic carbocycles. The van der Waals surface area contributed by atoms with Crippen molar-refractivity contribution in [2.75, 3.05) is 6.54 Å². The first-order valence-electron chi connectivity index (χ1n) is 16.8. The Morgan fingerprint density at radius 3 is 1.90 bits per heavy atom. The van der Waals surface area contributed by atoms with Crippen LogP contribution in [-0.2, 0) is 19.1 Å². The van der Waals surface area contributed by atoms with Crippen molar-refractivity contribution in [1.82, 2.24) is 5.32 Å². The fourth-order valence-corrected chi connectivity index (χ4v) is 4.68. The van der Waals surface area contributed by atoms with Crippen molar-refractivity contribution in [3.8, 4) is 0 Å². The fourth-order valence-electron chi connectivity index (χ4n) is 4.68. The van der Waals surface area contributed by atoms with E-state index in [1.165, 1.54) is 44.9 Å². The van der Waals surface area contributed by atoms with Crippen LogP contribution in [0.1, 0.15) is 149 Å². The first-order chi connectivity index (χ1) is 20.4. The van der Waals surface area contributed by atoms with Crippen LogP contribution in [0.5, 0.6) is 0 Å². The number of carboxylic acid groups (broad SMARTS) is 1. The van der Waals surface area contributed by atoms with Crippen molar-refractivity contribution in [3.63, 3.8) is 0 Å². The summed E-state index contributed by atoms with van der Waals surface area (Å²) < 4.78 is 5.84. The van der Waals surface area contributed by atoms with Gasteiger partial charge in [0, 0.05) is 12.8 Å². The van der Waals surface area contributed by atoms with E-state index in [1.54, 1.807) is 0 Å². The molecule has 0 bridgehead atoms. The Kier molecular flexibility index (Phi) is 28.3. The highest BCUT2D eigenvalue weighted by Crippen LogP contribution is 2.15. The Morgan fingerprint density at radius 2 is 1.29 bits per heavy atom. The summed E-state index contributed by atoms with van der Waals surface area (Å²) in [5.41, 5.74) is 5.45. The number of nitrogens with two attached hydrogens (primary N) is 1. The largest absolute Gasteiger partial charge is 0.480 e. The molecule has 7 heteroatoms. The predicted octanol–water partition coefficient (Wildman–Crippen LogP) is 8.33. The molecule has 0 radical (unpaired) electrons. The minimum absolute atomic E-state index is 0.118. The third-order valence-electron chi connectivity index (χ3n) is 7.20. The summed E-state index contributed by atoms with van der Waals surface area (Å²) in [5, 5.41) is 11.8. The summed E-state index contributed by atoms with van der Waals surface area (Å²) >= 11 is 0. The molecule has 242 valence electrons. The van der Waals surface area contributed by atoms with Crippen LogP contribution in [0.25, 0.3) is 0 Å². The number of nitrogens with one attached hydrogen (secondary N) is 1. The van der Waals surface area contributed by atoms with Crippen molar-refractivity contribution in [2.45, 2.75) is 161 Å². The van der Waals surface area contributed by atoms with Crippen molar-refractivity contribution in [2.24, 2.45) is 5.73 Å². The Balaban J connectivity index is 4.45. The van der Waals surface area contributed by atoms with Crippen LogP contribution in [0.4, 0.5) is 0 Å². The van der Waals surface area contributed by atoms with Gasteiger partial charge in [0.25, 0.3) is 0 Å². The highest BCUT2D eigenvalue weighted by molar-refractivity contribution is 5.83. The normalized spacial score (nSPS) is 13.2. The SMILES string of the molecule is CC/C=C\C/C=C\C/C=C\C(CCCCCCC(=O)NC(CCCN)C(=O)O)OC(=O)CCCCCCCCCCC. The van der Waals surface area contributed by atoms with Crippen LogP contribution in [0, 0.1) is 0 Å². The van der Waals surface area contributed by atoms with Gasteiger partial charge in [-0.3, -0.25) is 9.59 Å². The number of carbonyl (C=O) groups excluding carboxylic acids is 2. The Labute approximate surface area is 256 Å². The van der Waals surface area contributed by atoms with Gasteiger partial charge in [-0.25, -0.2) is 4.79 Å². The number of rotatable bonds is 29. The molecular formula is C35H62N2O5. The number of amides is 1. The highest BCUT2D eigenvalue weighted by Gasteiger charge is 2.18. The minimum atomic E-state index is -1.02. The highest BCUT2D eigenvalue weighted by atomic mass is 16.5. The number of esters is 1. The zero-order chi connectivity index (χ0) is 31.1. The summed E-state index contributed by atoms with van der Waals surface area (Å²) in [4.78, 5) is 36.0. The Morgan fingerprint density at radius 1 is 0.714 bits per heavy atom. The van der Waals surface area contributed by atoms with Gasteiger partial charge < -0.3 is 20.9 Å². The Bertz CT molecular complexity index is 762. The van der Waals surface area contributed by atoms with E-state index in [0.717, 1.165) is 57.8 Å². The lowest BCUT2D eigenvalue weighted by Gasteiger charge is -2.15. The molecule has 0 rings (SSSR count). The van der Waals surface area contributed by atoms with Gasteiger partial charge in [-0.2, -0.15) is 0 Å². The lowest BCUT2D eigenvalue weighted by atomic mass is 10.1. The molecular weight excluding hydrogens is 528 g/mol. The molecule has 7 nitrogen and oxygen atoms in total. The number of hydrogen-bond donors (Lipinski definition) is 3. The van der Waals surface area contributed by atoms with Gasteiger partial charge in [-0.05, 0) is 70.4 Å². The van der Waals surface area contributed by atoms with Crippen LogP contribution in [0.3, 0.4) is 0 Å². The van der Waals surface area contributed by atoms with Crippen molar-refractivity contribution in [3.05, 3.63) is 36.5 Å². The number of hydrogen-bond acceptors (Lipinski definition) is 5. The average molecular weight is 591 g/mol. The predicted molar refractivity (Wildman–Crippen MR) is 174 cm³/mol. The summed E-state index contributed by atoms with van der Waals surface area (Å²) in [6.45, 7) is 4.76. The minimum Gasteiger partial charge on any atom is -0.480 e. The summed E-state index contributed by atoms with van der Waals surface area (Å²) in [5.74, 6) is -1.37. The second kappa shape index (κ2) is 30.1. The molecule has 2 atom stereocenters. The molecule has 4 N–H and O–H groups in total. The monoisotopic (exact) mass is 590 g/mol. The average Bonchev–Trinajstić information content (AvgIpc) is 2.97. The molecule has 0 fully saturated rings. The third kappa shape index (κ3) is 26.5. The van der Waals surface area contributed by atoms with Crippen molar-refractivity contribution in [1.29, 1.82) is 0 Å². The van der Waals surface area contributed by atoms with E-state index >= 15 is 0 Å². The van der Waals surface area contributed by atoms with E-state index < -0.39 is 12.0 Å². The quantitative estimate of drug-likeness (QED) is 0.0458. The molecule has 0 aromatic rings. The third-order valence-corrected chi connectivity index (χ3v) is 7.20. The molecule has 0 aliphatic rings. The lowest BCUT2D eigenvalue weighted by molar-refractivity contribution is -0.147. The standard InChI is InChI=1S/C35H62N2O5/c1-3-5-7-9-11-13-15-17-23-29-34(39)42-31(25-20-16-14-12-10-8-6-4-2)26-21-18-19-22-28-33(38)37-32(35(40)41)27-24-30-36/h6,8,12,14,20,25,31-32H,3-5,7,9-11,13,15-19,21-24,26-30,36H2,1-2H3,(H,37,38)(H,40,41)/b8-6-,14-12-,25-20-. The zero-order valence-corrected chi connectivity index (χ0v) is 26.8. The smallest absolute Gasteiger partial charge is 0.326 e. The summed E-state index contributed by atoms with van der Waals surface area (Å²) in [6, 6.07) is -0.874. The molecule has 0 saturated carbocycles. The van der Waals surface area contributed by atoms with E-state index in [1.807, 2.05) is 6.08 Å². The molecule has 0 aliphatic heterocycles. The first-order valence-corrected chi connectivity index (χ1v) is 16.8. The zero-order valence-electron chi connectivity index (χ0n) is 26.8. The van der Waals surface area contributed by atoms with Gasteiger partial charge in [0.05, 0.1) is 0 Å². The van der Waals surface area contributed by atoms with Crippen molar-refractivity contribution < 1.29 is 24.2 Å². The molecule has 0 heterocycles. The van der Waals surface area contributed by atoms with E-state index in [4.69, 9.17) is 10.5 Å². The van der Waals surface area contributed by atoms with Crippen LogP contribution in [0.2, 0.25) is 0 Å². The molecule has 0 aromatic heterocycles. The molecule has 1 amide bonds. The number of carbonyl (C=O) groups is 3. The Hall–Kier alpha value is -2.41. The summed E-state index contributed by atoms with van der Waals surface area (Å²) in [7, 11) is 0. The van der Waals surface area contributed by atoms with E-state index in [0.29, 0.717) is 38.6 Å². The number of allylic oxidation sites excluding steroid dienone is 5. The number of carboxylic acids is 1.